The number of esters is 1. The molecule has 7 heterocycles. The Morgan fingerprint density at radius 3 is 2.68 bits per heavy atom. The van der Waals surface area contributed by atoms with Gasteiger partial charge in [-0.15, -0.1) is 11.3 Å². The fourth-order valence-corrected chi connectivity index (χ4v) is 11.2. The van der Waals surface area contributed by atoms with Crippen LogP contribution in [0.5, 0.6) is 0 Å². The van der Waals surface area contributed by atoms with Gasteiger partial charge in [0, 0.05) is 85.8 Å². The molecule has 3 fully saturated rings. The van der Waals surface area contributed by atoms with Crippen LogP contribution in [0.2, 0.25) is 0 Å². The van der Waals surface area contributed by atoms with Crippen molar-refractivity contribution in [2.45, 2.75) is 110 Å². The molecule has 5 amide bonds. The molecular weight excluding hydrogens is 887 g/mol. The number of likely N-dealkylation sites (tertiary alicyclic amines) is 1. The van der Waals surface area contributed by atoms with E-state index in [0.717, 1.165) is 44.7 Å². The topological polar surface area (TPSA) is 181 Å². The average Bonchev–Trinajstić information content (AvgIpc) is 4.07. The number of hydrogen-bond acceptors (Lipinski definition) is 12. The molecule has 68 heavy (non-hydrogen) atoms. The number of thiazole rings is 1. The summed E-state index contributed by atoms with van der Waals surface area (Å²) in [4.78, 5) is 84.7. The Labute approximate surface area is 402 Å². The predicted molar refractivity (Wildman–Crippen MR) is 258 cm³/mol. The molecule has 8 rings (SSSR count). The monoisotopic (exact) mass is 951 g/mol. The Morgan fingerprint density at radius 1 is 1.15 bits per heavy atom. The van der Waals surface area contributed by atoms with Gasteiger partial charge in [0.15, 0.2) is 0 Å². The van der Waals surface area contributed by atoms with Crippen LogP contribution in [0.25, 0.3) is 33.4 Å². The van der Waals surface area contributed by atoms with Crippen LogP contribution in [-0.4, -0.2) is 148 Å². The summed E-state index contributed by atoms with van der Waals surface area (Å²) in [6.07, 6.45) is 4.05. The van der Waals surface area contributed by atoms with Crippen molar-refractivity contribution in [1.29, 1.82) is 0 Å². The third kappa shape index (κ3) is 9.65. The fraction of sp³-hybridized carbons (Fsp3) is 0.540. The zero-order chi connectivity index (χ0) is 48.6. The Hall–Kier alpha value is -5.69. The van der Waals surface area contributed by atoms with Crippen LogP contribution in [0.15, 0.2) is 54.6 Å². The minimum absolute atomic E-state index is 0.0600. The van der Waals surface area contributed by atoms with E-state index in [1.165, 1.54) is 27.3 Å². The number of rotatable bonds is 9. The van der Waals surface area contributed by atoms with Crippen molar-refractivity contribution in [2.75, 3.05) is 53.6 Å². The van der Waals surface area contributed by atoms with E-state index >= 15 is 0 Å². The van der Waals surface area contributed by atoms with Crippen LogP contribution in [0.1, 0.15) is 76.8 Å². The maximum atomic E-state index is 14.7. The van der Waals surface area contributed by atoms with Gasteiger partial charge in [-0.2, -0.15) is 0 Å². The molecular formula is C50H65N9O8S. The molecule has 4 aromatic rings. The molecule has 4 aliphatic heterocycles. The molecule has 4 aliphatic rings. The van der Waals surface area contributed by atoms with Crippen molar-refractivity contribution in [3.05, 3.63) is 70.8 Å². The number of morpholine rings is 1. The standard InChI is InChI=1S/C50H65N9O8S/c1-10-42(60)58-20-21-66-40-26-56(25-39(40)58)49(64)55(8)44(29(3)4)46(61)53-36-23-41-52-37(27-68-41)31-16-17-38-33(22-31)34(45(57(38)11-2)32-14-12-18-51-43(32)30(5)65-9)24-50(6,7)28-67-48(63)35-15-13-19-59(54-35)47(36)62/h10,12,14,16-18,22,27,29-30,35-36,39-40,44,54H,1,11,13,15,19-21,23-26,28H2,2-9H3,(H,53,61)/t30-,35-,36-,39+,40-,44?/m0/s1. The molecule has 1 unspecified atom stereocenters. The second-order valence-electron chi connectivity index (χ2n) is 19.5. The number of cyclic esters (lactones) is 1. The van der Waals surface area contributed by atoms with E-state index in [1.54, 1.807) is 30.2 Å². The number of pyridine rings is 1. The molecule has 364 valence electrons. The number of urea groups is 1. The predicted octanol–water partition coefficient (Wildman–Crippen LogP) is 5.38. The molecule has 18 heteroatoms. The number of aromatic nitrogens is 3. The molecule has 0 radical (unpaired) electrons. The summed E-state index contributed by atoms with van der Waals surface area (Å²) in [7, 11) is 3.27. The molecule has 1 aromatic carbocycles. The van der Waals surface area contributed by atoms with Crippen molar-refractivity contribution in [2.24, 2.45) is 11.3 Å². The third-order valence-electron chi connectivity index (χ3n) is 13.8. The zero-order valence-electron chi connectivity index (χ0n) is 40.5. The first-order chi connectivity index (χ1) is 32.5. The Morgan fingerprint density at radius 2 is 1.94 bits per heavy atom. The first-order valence-electron chi connectivity index (χ1n) is 23.7. The summed E-state index contributed by atoms with van der Waals surface area (Å²) in [5.41, 5.74) is 9.22. The summed E-state index contributed by atoms with van der Waals surface area (Å²) in [5.74, 6) is -1.98. The molecule has 0 saturated carbocycles. The number of amides is 5. The quantitative estimate of drug-likeness (QED) is 0.163. The van der Waals surface area contributed by atoms with Gasteiger partial charge >= 0.3 is 12.0 Å². The molecule has 6 bridgehead atoms. The fourth-order valence-electron chi connectivity index (χ4n) is 10.3. The molecule has 3 saturated heterocycles. The number of methoxy groups -OCH3 is 1. The maximum Gasteiger partial charge on any atom is 0.324 e. The summed E-state index contributed by atoms with van der Waals surface area (Å²) in [6.45, 7) is 18.0. The number of hydrogen-bond donors (Lipinski definition) is 2. The number of hydrazine groups is 1. The zero-order valence-corrected chi connectivity index (χ0v) is 41.3. The highest BCUT2D eigenvalue weighted by Crippen LogP contribution is 2.42. The van der Waals surface area contributed by atoms with Crippen LogP contribution >= 0.6 is 11.3 Å². The van der Waals surface area contributed by atoms with Crippen LogP contribution in [0.4, 0.5) is 4.79 Å². The first-order valence-corrected chi connectivity index (χ1v) is 24.6. The molecule has 3 aromatic heterocycles. The Kier molecular flexibility index (Phi) is 14.4. The smallest absolute Gasteiger partial charge is 0.324 e. The minimum atomic E-state index is -1.11. The average molecular weight is 952 g/mol. The van der Waals surface area contributed by atoms with Gasteiger partial charge in [0.05, 0.1) is 60.1 Å². The molecule has 6 atom stereocenters. The normalized spacial score (nSPS) is 22.9. The van der Waals surface area contributed by atoms with Crippen molar-refractivity contribution >= 4 is 52.0 Å². The number of nitrogens with zero attached hydrogens (tertiary/aromatic N) is 7. The van der Waals surface area contributed by atoms with Crippen LogP contribution in [0, 0.1) is 11.3 Å². The van der Waals surface area contributed by atoms with E-state index in [0.29, 0.717) is 50.5 Å². The van der Waals surface area contributed by atoms with Gasteiger partial charge < -0.3 is 38.8 Å². The lowest BCUT2D eigenvalue weighted by Crippen LogP contribution is -2.62. The van der Waals surface area contributed by atoms with Crippen LogP contribution in [0.3, 0.4) is 0 Å². The number of carbonyl (C=O) groups is 5. The highest BCUT2D eigenvalue weighted by Gasteiger charge is 2.46. The number of benzene rings is 1. The van der Waals surface area contributed by atoms with E-state index in [2.05, 4.69) is 66.9 Å². The van der Waals surface area contributed by atoms with E-state index in [9.17, 15) is 24.0 Å². The highest BCUT2D eigenvalue weighted by molar-refractivity contribution is 7.10. The largest absolute Gasteiger partial charge is 0.464 e. The Balaban J connectivity index is 1.14. The van der Waals surface area contributed by atoms with Crippen LogP contribution in [-0.2, 0) is 52.8 Å². The summed E-state index contributed by atoms with van der Waals surface area (Å²) >= 11 is 1.40. The van der Waals surface area contributed by atoms with E-state index in [-0.39, 0.29) is 56.2 Å². The third-order valence-corrected chi connectivity index (χ3v) is 14.7. The van der Waals surface area contributed by atoms with Crippen molar-refractivity contribution in [3.63, 3.8) is 0 Å². The minimum Gasteiger partial charge on any atom is -0.464 e. The lowest BCUT2D eigenvalue weighted by Gasteiger charge is -2.37. The summed E-state index contributed by atoms with van der Waals surface area (Å²) < 4.78 is 20.2. The van der Waals surface area contributed by atoms with E-state index in [1.807, 2.05) is 32.2 Å². The van der Waals surface area contributed by atoms with Gasteiger partial charge in [0.2, 0.25) is 11.8 Å². The Bertz CT molecular complexity index is 2570. The molecule has 2 N–H and O–H groups in total. The summed E-state index contributed by atoms with van der Waals surface area (Å²) in [5, 5.41) is 8.08. The lowest BCUT2D eigenvalue weighted by atomic mass is 9.84. The number of likely N-dealkylation sites (N-methyl/N-ethyl adjacent to an activating group) is 1. The van der Waals surface area contributed by atoms with Crippen molar-refractivity contribution in [3.8, 4) is 22.5 Å². The number of aryl methyl sites for hydroxylation is 1. The summed E-state index contributed by atoms with van der Waals surface area (Å²) in [6, 6.07) is 6.80. The van der Waals surface area contributed by atoms with Crippen LogP contribution < -0.4 is 10.7 Å². The van der Waals surface area contributed by atoms with Crippen molar-refractivity contribution < 1.29 is 38.2 Å². The highest BCUT2D eigenvalue weighted by atomic mass is 32.1. The number of fused-ring (bicyclic) bond motifs is 7. The molecule has 17 nitrogen and oxygen atoms in total. The van der Waals surface area contributed by atoms with Gasteiger partial charge in [0.25, 0.3) is 5.91 Å². The first kappa shape index (κ1) is 48.8. The molecule has 0 spiro atoms. The second kappa shape index (κ2) is 20.1. The maximum absolute atomic E-state index is 14.7. The SMILES string of the molecule is C=CC(=O)N1CCO[C@H]2CN(C(=O)N(C)C(C(=O)N[C@H]3Cc4nc(cs4)-c4ccc5c(c4)c(c(-c4cccnc4[C@H](C)OC)n5CC)CC(C)(C)COC(=O)[C@@H]4CCCN(N4)C3=O)C(C)C)C[C@H]21. The number of carbonyl (C=O) groups excluding carboxylic acids is 5. The van der Waals surface area contributed by atoms with Gasteiger partial charge in [-0.25, -0.2) is 15.2 Å². The van der Waals surface area contributed by atoms with Crippen molar-refractivity contribution in [1.82, 2.24) is 45.0 Å². The lowest BCUT2D eigenvalue weighted by molar-refractivity contribution is -0.155. The van der Waals surface area contributed by atoms with Gasteiger partial charge in [-0.3, -0.25) is 29.2 Å². The number of nitrogens with one attached hydrogen (secondary N) is 2. The molecule has 0 aliphatic carbocycles. The van der Waals surface area contributed by atoms with Gasteiger partial charge in [0.1, 0.15) is 18.1 Å². The van der Waals surface area contributed by atoms with Gasteiger partial charge in [-0.05, 0) is 74.9 Å². The van der Waals surface area contributed by atoms with Gasteiger partial charge in [-0.1, -0.05) is 40.3 Å². The number of ether oxygens (including phenoxy) is 3. The second-order valence-corrected chi connectivity index (χ2v) is 20.4. The van der Waals surface area contributed by atoms with E-state index < -0.39 is 47.4 Å². The van der Waals surface area contributed by atoms with E-state index in [4.69, 9.17) is 24.2 Å².